The summed E-state index contributed by atoms with van der Waals surface area (Å²) in [6.45, 7) is 4.24. The molecule has 1 N–H and O–H groups in total. The van der Waals surface area contributed by atoms with Gasteiger partial charge >= 0.3 is 0 Å². The van der Waals surface area contributed by atoms with Crippen molar-refractivity contribution in [2.24, 2.45) is 0 Å². The Morgan fingerprint density at radius 2 is 2.21 bits per heavy atom. The van der Waals surface area contributed by atoms with Gasteiger partial charge in [-0.3, -0.25) is 4.79 Å². The van der Waals surface area contributed by atoms with Crippen molar-refractivity contribution in [3.8, 4) is 0 Å². The van der Waals surface area contributed by atoms with Crippen LogP contribution < -0.4 is 5.32 Å². The van der Waals surface area contributed by atoms with Gasteiger partial charge in [-0.1, -0.05) is 15.9 Å². The van der Waals surface area contributed by atoms with E-state index in [2.05, 4.69) is 37.2 Å². The van der Waals surface area contributed by atoms with Crippen molar-refractivity contribution in [2.45, 2.75) is 24.7 Å². The first kappa shape index (κ1) is 12.2. The molecule has 1 amide bonds. The van der Waals surface area contributed by atoms with Gasteiger partial charge in [0.15, 0.2) is 0 Å². The van der Waals surface area contributed by atoms with Crippen LogP contribution in [0.5, 0.6) is 0 Å². The summed E-state index contributed by atoms with van der Waals surface area (Å²) in [7, 11) is 0. The maximum Gasteiger partial charge on any atom is 0.236 e. The minimum absolute atomic E-state index is 0.00187. The summed E-state index contributed by atoms with van der Waals surface area (Å²) in [4.78, 5) is 12.6. The number of carbonyl (C=O) groups is 1. The van der Waals surface area contributed by atoms with Crippen LogP contribution in [0.2, 0.25) is 0 Å². The van der Waals surface area contributed by atoms with Crippen molar-refractivity contribution >= 4 is 49.1 Å². The number of thiophene rings is 1. The maximum atomic E-state index is 11.5. The first-order valence-electron chi connectivity index (χ1n) is 4.11. The van der Waals surface area contributed by atoms with E-state index in [9.17, 15) is 4.79 Å². The molecule has 0 saturated carbocycles. The van der Waals surface area contributed by atoms with Gasteiger partial charge in [-0.2, -0.15) is 0 Å². The highest BCUT2D eigenvalue weighted by Crippen LogP contribution is 2.22. The number of nitrogens with one attached hydrogen (secondary N) is 1. The minimum Gasteiger partial charge on any atom is -0.350 e. The standard InChI is InChI=1S/C9H11Br2NOS/c1-9(2,11)8(13)12-5-6-3-4-7(10)14-6/h3-4H,5H2,1-2H3,(H,12,13). The van der Waals surface area contributed by atoms with Crippen LogP contribution in [0.25, 0.3) is 0 Å². The molecule has 1 aromatic heterocycles. The largest absolute Gasteiger partial charge is 0.350 e. The van der Waals surface area contributed by atoms with Crippen molar-refractivity contribution in [1.29, 1.82) is 0 Å². The highest BCUT2D eigenvalue weighted by Gasteiger charge is 2.22. The molecular weight excluding hydrogens is 330 g/mol. The fourth-order valence-electron chi connectivity index (χ4n) is 0.824. The van der Waals surface area contributed by atoms with Crippen LogP contribution in [0.1, 0.15) is 18.7 Å². The molecule has 0 radical (unpaired) electrons. The summed E-state index contributed by atoms with van der Waals surface area (Å²) in [5.41, 5.74) is 0. The number of alkyl halides is 1. The highest BCUT2D eigenvalue weighted by atomic mass is 79.9. The first-order chi connectivity index (χ1) is 6.39. The van der Waals surface area contributed by atoms with Gasteiger partial charge in [0.25, 0.3) is 0 Å². The average Bonchev–Trinajstić information content (AvgIpc) is 2.45. The van der Waals surface area contributed by atoms with E-state index >= 15 is 0 Å². The van der Waals surface area contributed by atoms with Crippen LogP contribution in [0.15, 0.2) is 15.9 Å². The molecule has 0 fully saturated rings. The molecule has 0 aliphatic heterocycles. The minimum atomic E-state index is -0.499. The van der Waals surface area contributed by atoms with Gasteiger partial charge in [-0.05, 0) is 41.9 Å². The molecule has 0 unspecified atom stereocenters. The van der Waals surface area contributed by atoms with Gasteiger partial charge < -0.3 is 5.32 Å². The smallest absolute Gasteiger partial charge is 0.236 e. The van der Waals surface area contributed by atoms with Crippen LogP contribution in [-0.2, 0) is 11.3 Å². The fourth-order valence-corrected chi connectivity index (χ4v) is 2.39. The molecule has 0 aromatic carbocycles. The molecule has 0 saturated heterocycles. The Kier molecular flexibility index (Phi) is 4.15. The van der Waals surface area contributed by atoms with Crippen LogP contribution >= 0.6 is 43.2 Å². The number of rotatable bonds is 3. The number of halogens is 2. The monoisotopic (exact) mass is 339 g/mol. The third kappa shape index (κ3) is 3.71. The van der Waals surface area contributed by atoms with E-state index in [1.165, 1.54) is 0 Å². The topological polar surface area (TPSA) is 29.1 Å². The van der Waals surface area contributed by atoms with Crippen molar-refractivity contribution in [2.75, 3.05) is 0 Å². The SMILES string of the molecule is CC(C)(Br)C(=O)NCc1ccc(Br)s1. The summed E-state index contributed by atoms with van der Waals surface area (Å²) in [5, 5.41) is 2.86. The molecule has 1 aromatic rings. The number of carbonyl (C=O) groups excluding carboxylic acids is 1. The molecule has 1 rings (SSSR count). The molecule has 2 nitrogen and oxygen atoms in total. The van der Waals surface area contributed by atoms with E-state index in [0.29, 0.717) is 6.54 Å². The number of hydrogen-bond donors (Lipinski definition) is 1. The van der Waals surface area contributed by atoms with E-state index in [1.54, 1.807) is 11.3 Å². The second-order valence-electron chi connectivity index (χ2n) is 3.36. The van der Waals surface area contributed by atoms with Crippen LogP contribution in [0.4, 0.5) is 0 Å². The number of amides is 1. The highest BCUT2D eigenvalue weighted by molar-refractivity contribution is 9.11. The Balaban J connectivity index is 2.46. The zero-order chi connectivity index (χ0) is 10.8. The molecule has 0 atom stereocenters. The Hall–Kier alpha value is 0.130. The molecule has 5 heteroatoms. The van der Waals surface area contributed by atoms with Gasteiger partial charge in [-0.25, -0.2) is 0 Å². The molecule has 78 valence electrons. The van der Waals surface area contributed by atoms with Gasteiger partial charge in [0.1, 0.15) is 0 Å². The van der Waals surface area contributed by atoms with E-state index in [1.807, 2.05) is 26.0 Å². The Labute approximate surface area is 104 Å². The van der Waals surface area contributed by atoms with Gasteiger partial charge in [-0.15, -0.1) is 11.3 Å². The third-order valence-electron chi connectivity index (χ3n) is 1.59. The number of hydrogen-bond acceptors (Lipinski definition) is 2. The zero-order valence-corrected chi connectivity index (χ0v) is 11.9. The average molecular weight is 341 g/mol. The summed E-state index contributed by atoms with van der Waals surface area (Å²) in [6, 6.07) is 3.97. The van der Waals surface area contributed by atoms with Crippen molar-refractivity contribution < 1.29 is 4.79 Å². The Morgan fingerprint density at radius 1 is 1.57 bits per heavy atom. The molecular formula is C9H11Br2NOS. The molecule has 14 heavy (non-hydrogen) atoms. The summed E-state index contributed by atoms with van der Waals surface area (Å²) < 4.78 is 0.585. The second kappa shape index (κ2) is 4.77. The second-order valence-corrected chi connectivity index (χ2v) is 7.89. The third-order valence-corrected chi connectivity index (χ3v) is 3.58. The van der Waals surface area contributed by atoms with E-state index in [-0.39, 0.29) is 5.91 Å². The van der Waals surface area contributed by atoms with Gasteiger partial charge in [0.2, 0.25) is 5.91 Å². The molecule has 0 spiro atoms. The Bertz CT molecular complexity index is 330. The predicted molar refractivity (Wildman–Crippen MR) is 66.9 cm³/mol. The normalized spacial score (nSPS) is 11.4. The van der Waals surface area contributed by atoms with Crippen LogP contribution in [0.3, 0.4) is 0 Å². The lowest BCUT2D eigenvalue weighted by molar-refractivity contribution is -0.122. The predicted octanol–water partition coefficient (Wildman–Crippen LogP) is 3.30. The fraction of sp³-hybridized carbons (Fsp3) is 0.444. The summed E-state index contributed by atoms with van der Waals surface area (Å²) in [5.74, 6) is 0.00187. The van der Waals surface area contributed by atoms with Crippen LogP contribution in [0, 0.1) is 0 Å². The summed E-state index contributed by atoms with van der Waals surface area (Å²) in [6.07, 6.45) is 0. The van der Waals surface area contributed by atoms with Crippen molar-refractivity contribution in [1.82, 2.24) is 5.32 Å². The maximum absolute atomic E-state index is 11.5. The Morgan fingerprint density at radius 3 is 2.64 bits per heavy atom. The molecule has 0 aliphatic carbocycles. The van der Waals surface area contributed by atoms with Gasteiger partial charge in [0.05, 0.1) is 14.7 Å². The van der Waals surface area contributed by atoms with E-state index in [0.717, 1.165) is 8.66 Å². The van der Waals surface area contributed by atoms with Crippen LogP contribution in [-0.4, -0.2) is 10.2 Å². The van der Waals surface area contributed by atoms with Gasteiger partial charge in [0, 0.05) is 4.88 Å². The molecule has 1 heterocycles. The van der Waals surface area contributed by atoms with Crippen molar-refractivity contribution in [3.63, 3.8) is 0 Å². The molecule has 0 aliphatic rings. The zero-order valence-electron chi connectivity index (χ0n) is 7.93. The quantitative estimate of drug-likeness (QED) is 0.840. The molecule has 0 bridgehead atoms. The summed E-state index contributed by atoms with van der Waals surface area (Å²) >= 11 is 8.31. The lowest BCUT2D eigenvalue weighted by atomic mass is 10.2. The lowest BCUT2D eigenvalue weighted by Crippen LogP contribution is -2.36. The van der Waals surface area contributed by atoms with Crippen molar-refractivity contribution in [3.05, 3.63) is 20.8 Å². The van der Waals surface area contributed by atoms with E-state index < -0.39 is 4.32 Å². The first-order valence-corrected chi connectivity index (χ1v) is 6.51. The van der Waals surface area contributed by atoms with E-state index in [4.69, 9.17) is 0 Å². The lowest BCUT2D eigenvalue weighted by Gasteiger charge is -2.15.